The lowest BCUT2D eigenvalue weighted by Crippen LogP contribution is -2.43. The lowest BCUT2D eigenvalue weighted by Gasteiger charge is -2.16. The molecular formula is C5H8F2O6S. The van der Waals surface area contributed by atoms with Crippen molar-refractivity contribution in [2.45, 2.75) is 23.6 Å². The van der Waals surface area contributed by atoms with Crippen LogP contribution >= 0.6 is 0 Å². The molecule has 1 aliphatic rings. The van der Waals surface area contributed by atoms with E-state index in [9.17, 15) is 17.2 Å². The van der Waals surface area contributed by atoms with E-state index in [4.69, 9.17) is 14.8 Å². The third kappa shape index (κ3) is 1.73. The Bertz CT molecular complexity index is 314. The van der Waals surface area contributed by atoms with Crippen molar-refractivity contribution in [2.75, 3.05) is 6.61 Å². The molecule has 1 aliphatic heterocycles. The highest BCUT2D eigenvalue weighted by Crippen LogP contribution is 2.38. The minimum absolute atomic E-state index is 0.969. The van der Waals surface area contributed by atoms with Crippen molar-refractivity contribution in [3.63, 3.8) is 0 Å². The Balaban J connectivity index is 3.03. The molecule has 0 aromatic rings. The summed E-state index contributed by atoms with van der Waals surface area (Å²) >= 11 is 0. The molecule has 0 amide bonds. The van der Waals surface area contributed by atoms with Crippen molar-refractivity contribution < 1.29 is 36.7 Å². The Hall–Kier alpha value is -0.350. The molecule has 1 rings (SSSR count). The van der Waals surface area contributed by atoms with E-state index in [1.807, 2.05) is 0 Å². The molecule has 6 nitrogen and oxygen atoms in total. The maximum absolute atomic E-state index is 12.9. The monoisotopic (exact) mass is 234 g/mol. The fourth-order valence-electron chi connectivity index (χ4n) is 1.12. The van der Waals surface area contributed by atoms with E-state index in [0.717, 1.165) is 0 Å². The van der Waals surface area contributed by atoms with E-state index in [1.54, 1.807) is 0 Å². The van der Waals surface area contributed by atoms with Gasteiger partial charge in [0.2, 0.25) is 0 Å². The molecule has 84 valence electrons. The van der Waals surface area contributed by atoms with Crippen LogP contribution in [0.25, 0.3) is 0 Å². The highest BCUT2D eigenvalue weighted by Gasteiger charge is 2.63. The number of halogens is 2. The van der Waals surface area contributed by atoms with Crippen LogP contribution in [-0.4, -0.2) is 53.4 Å². The van der Waals surface area contributed by atoms with Gasteiger partial charge < -0.3 is 14.9 Å². The first kappa shape index (κ1) is 11.7. The number of alkyl halides is 2. The Kier molecular flexibility index (Phi) is 2.80. The predicted molar refractivity (Wildman–Crippen MR) is 38.2 cm³/mol. The number of aliphatic hydroxyl groups is 2. The number of rotatable bonds is 2. The van der Waals surface area contributed by atoms with E-state index < -0.39 is 40.3 Å². The molecule has 1 saturated heterocycles. The predicted octanol–water partition coefficient (Wildman–Crippen LogP) is -1.41. The van der Waals surface area contributed by atoms with Gasteiger partial charge in [-0.1, -0.05) is 0 Å². The summed E-state index contributed by atoms with van der Waals surface area (Å²) in [7, 11) is -5.13. The average molecular weight is 234 g/mol. The molecule has 3 N–H and O–H groups in total. The van der Waals surface area contributed by atoms with Crippen molar-refractivity contribution in [1.82, 2.24) is 0 Å². The van der Waals surface area contributed by atoms with E-state index in [0.29, 0.717) is 0 Å². The summed E-state index contributed by atoms with van der Waals surface area (Å²) in [4.78, 5) is 0. The Morgan fingerprint density at radius 1 is 1.43 bits per heavy atom. The minimum Gasteiger partial charge on any atom is -0.394 e. The molecule has 0 spiro atoms. The normalized spacial score (nSPS) is 37.4. The van der Waals surface area contributed by atoms with Gasteiger partial charge in [0.1, 0.15) is 12.2 Å². The van der Waals surface area contributed by atoms with Gasteiger partial charge >= 0.3 is 5.92 Å². The first-order valence-corrected chi connectivity index (χ1v) is 5.00. The molecule has 1 heterocycles. The molecule has 0 unspecified atom stereocenters. The van der Waals surface area contributed by atoms with Gasteiger partial charge in [0.25, 0.3) is 15.6 Å². The van der Waals surface area contributed by atoms with Gasteiger partial charge in [-0.25, -0.2) is 0 Å². The second-order valence-electron chi connectivity index (χ2n) is 2.82. The van der Waals surface area contributed by atoms with E-state index >= 15 is 0 Å². The Morgan fingerprint density at radius 2 is 1.93 bits per heavy atom. The summed E-state index contributed by atoms with van der Waals surface area (Å²) in [5.74, 6) is -4.14. The summed E-state index contributed by atoms with van der Waals surface area (Å²) in [6.45, 7) is -0.969. The molecule has 0 bridgehead atoms. The minimum atomic E-state index is -5.13. The lowest BCUT2D eigenvalue weighted by molar-refractivity contribution is -0.0927. The molecule has 0 aromatic heterocycles. The van der Waals surface area contributed by atoms with Crippen LogP contribution in [-0.2, 0) is 14.9 Å². The van der Waals surface area contributed by atoms with E-state index in [2.05, 4.69) is 4.74 Å². The highest BCUT2D eigenvalue weighted by molar-refractivity contribution is 7.86. The largest absolute Gasteiger partial charge is 0.394 e. The maximum atomic E-state index is 12.9. The van der Waals surface area contributed by atoms with Gasteiger partial charge in [0, 0.05) is 0 Å². The molecular weight excluding hydrogens is 226 g/mol. The van der Waals surface area contributed by atoms with Crippen LogP contribution in [0.5, 0.6) is 0 Å². The summed E-state index contributed by atoms with van der Waals surface area (Å²) in [5.41, 5.74) is -2.83. The quantitative estimate of drug-likeness (QED) is 0.507. The van der Waals surface area contributed by atoms with Crippen molar-refractivity contribution >= 4 is 10.1 Å². The van der Waals surface area contributed by atoms with Gasteiger partial charge in [-0.05, 0) is 0 Å². The first-order chi connectivity index (χ1) is 6.21. The molecule has 3 atom stereocenters. The first-order valence-electron chi connectivity index (χ1n) is 3.49. The van der Waals surface area contributed by atoms with E-state index in [1.165, 1.54) is 0 Å². The second kappa shape index (κ2) is 3.35. The zero-order valence-electron chi connectivity index (χ0n) is 6.67. The van der Waals surface area contributed by atoms with Crippen molar-refractivity contribution in [1.29, 1.82) is 0 Å². The van der Waals surface area contributed by atoms with Crippen molar-refractivity contribution in [3.8, 4) is 0 Å². The summed E-state index contributed by atoms with van der Waals surface area (Å²) < 4.78 is 59.1. The smallest absolute Gasteiger partial charge is 0.318 e. The SMILES string of the molecule is O=S(=O)(O)[C@@H]1O[C@H](CO)[C@@H](O)C1(F)F. The zero-order chi connectivity index (χ0) is 11.1. The van der Waals surface area contributed by atoms with Crippen LogP contribution in [0, 0.1) is 0 Å². The summed E-state index contributed by atoms with van der Waals surface area (Å²) in [6, 6.07) is 0. The average Bonchev–Trinajstić information content (AvgIpc) is 2.23. The van der Waals surface area contributed by atoms with Crippen molar-refractivity contribution in [3.05, 3.63) is 0 Å². The number of hydrogen-bond acceptors (Lipinski definition) is 5. The summed E-state index contributed by atoms with van der Waals surface area (Å²) in [5, 5.41) is 17.3. The van der Waals surface area contributed by atoms with Crippen molar-refractivity contribution in [2.24, 2.45) is 0 Å². The maximum Gasteiger partial charge on any atom is 0.318 e. The standard InChI is InChI=1S/C5H8F2O6S/c6-5(7)3(9)2(1-8)13-4(5)14(10,11)12/h2-4,8-9H,1H2,(H,10,11,12)/t2-,3-,4+/m1/s1. The molecule has 9 heteroatoms. The molecule has 0 saturated carbocycles. The zero-order valence-corrected chi connectivity index (χ0v) is 7.49. The van der Waals surface area contributed by atoms with Gasteiger partial charge in [0.15, 0.2) is 0 Å². The van der Waals surface area contributed by atoms with Gasteiger partial charge in [0.05, 0.1) is 6.61 Å². The van der Waals surface area contributed by atoms with Crippen LogP contribution in [0.4, 0.5) is 8.78 Å². The van der Waals surface area contributed by atoms with Crippen LogP contribution < -0.4 is 0 Å². The molecule has 14 heavy (non-hydrogen) atoms. The van der Waals surface area contributed by atoms with Gasteiger partial charge in [-0.2, -0.15) is 17.2 Å². The Morgan fingerprint density at radius 3 is 2.14 bits per heavy atom. The Labute approximate surface area is 77.9 Å². The van der Waals surface area contributed by atoms with Gasteiger partial charge in [-0.15, -0.1) is 0 Å². The molecule has 0 aromatic carbocycles. The fraction of sp³-hybridized carbons (Fsp3) is 1.00. The van der Waals surface area contributed by atoms with Crippen LogP contribution in [0.3, 0.4) is 0 Å². The van der Waals surface area contributed by atoms with E-state index in [-0.39, 0.29) is 0 Å². The highest BCUT2D eigenvalue weighted by atomic mass is 32.2. The van der Waals surface area contributed by atoms with Crippen LogP contribution in [0.2, 0.25) is 0 Å². The third-order valence-corrected chi connectivity index (χ3v) is 2.78. The number of ether oxygens (including phenoxy) is 1. The molecule has 1 fully saturated rings. The topological polar surface area (TPSA) is 104 Å². The fourth-order valence-corrected chi connectivity index (χ4v) is 1.94. The number of hydrogen-bond donors (Lipinski definition) is 3. The third-order valence-electron chi connectivity index (χ3n) is 1.81. The number of aliphatic hydroxyl groups excluding tert-OH is 2. The van der Waals surface area contributed by atoms with Crippen LogP contribution in [0.1, 0.15) is 0 Å². The molecule has 0 radical (unpaired) electrons. The summed E-state index contributed by atoms with van der Waals surface area (Å²) in [6.07, 6.45) is -4.18. The second-order valence-corrected chi connectivity index (χ2v) is 4.28. The van der Waals surface area contributed by atoms with Gasteiger partial charge in [-0.3, -0.25) is 4.55 Å². The lowest BCUT2D eigenvalue weighted by atomic mass is 10.1. The van der Waals surface area contributed by atoms with Crippen LogP contribution in [0.15, 0.2) is 0 Å². The molecule has 0 aliphatic carbocycles.